The van der Waals surface area contributed by atoms with Crippen LogP contribution < -0.4 is 0 Å². The molecule has 3 rings (SSSR count). The van der Waals surface area contributed by atoms with Crippen LogP contribution in [0.15, 0.2) is 34.8 Å². The van der Waals surface area contributed by atoms with E-state index >= 15 is 0 Å². The van der Waals surface area contributed by atoms with E-state index in [-0.39, 0.29) is 23.8 Å². The maximum Gasteiger partial charge on any atom is 0.227 e. The van der Waals surface area contributed by atoms with E-state index in [0.29, 0.717) is 17.6 Å². The summed E-state index contributed by atoms with van der Waals surface area (Å²) in [5.74, 6) is 0.269. The molecule has 0 spiro atoms. The van der Waals surface area contributed by atoms with Crippen LogP contribution in [0.5, 0.6) is 5.75 Å². The summed E-state index contributed by atoms with van der Waals surface area (Å²) >= 11 is 0. The molecule has 6 heteroatoms. The van der Waals surface area contributed by atoms with Gasteiger partial charge >= 0.3 is 0 Å². The molecule has 0 amide bonds. The molecule has 0 saturated heterocycles. The molecule has 0 unspecified atom stereocenters. The fourth-order valence-corrected chi connectivity index (χ4v) is 2.20. The van der Waals surface area contributed by atoms with E-state index in [2.05, 4.69) is 9.98 Å². The molecule has 2 aromatic rings. The van der Waals surface area contributed by atoms with Gasteiger partial charge in [-0.25, -0.2) is 4.99 Å². The first kappa shape index (κ1) is 13.2. The number of aromatic hydroxyl groups is 1. The number of benzene rings is 1. The average molecular weight is 283 g/mol. The number of nitrogens with one attached hydrogen (secondary N) is 1. The van der Waals surface area contributed by atoms with Crippen molar-refractivity contribution in [3.05, 3.63) is 35.5 Å². The van der Waals surface area contributed by atoms with Crippen LogP contribution in [0.3, 0.4) is 0 Å². The highest BCUT2D eigenvalue weighted by molar-refractivity contribution is 6.03. The van der Waals surface area contributed by atoms with Gasteiger partial charge in [-0.15, -0.1) is 0 Å². The van der Waals surface area contributed by atoms with Crippen LogP contribution in [0.4, 0.5) is 0 Å². The maximum atomic E-state index is 10.2. The van der Waals surface area contributed by atoms with Gasteiger partial charge in [0.2, 0.25) is 5.90 Å². The average Bonchev–Trinajstić information content (AvgIpc) is 3.10. The first-order chi connectivity index (χ1) is 10.2. The van der Waals surface area contributed by atoms with Gasteiger partial charge in [-0.2, -0.15) is 5.26 Å². The Hall–Kier alpha value is -2.78. The summed E-state index contributed by atoms with van der Waals surface area (Å²) in [6.07, 6.45) is 1.08. The van der Waals surface area contributed by atoms with Crippen molar-refractivity contribution in [2.45, 2.75) is 6.10 Å². The highest BCUT2D eigenvalue weighted by Gasteiger charge is 2.22. The third-order valence-electron chi connectivity index (χ3n) is 3.27. The van der Waals surface area contributed by atoms with E-state index in [4.69, 9.17) is 9.84 Å². The Morgan fingerprint density at radius 2 is 2.33 bits per heavy atom. The molecule has 6 nitrogen and oxygen atoms in total. The Bertz CT molecular complexity index is 783. The molecule has 0 aliphatic carbocycles. The number of hydrogen-bond acceptors (Lipinski definition) is 5. The van der Waals surface area contributed by atoms with E-state index in [9.17, 15) is 10.4 Å². The van der Waals surface area contributed by atoms with Crippen molar-refractivity contribution in [3.8, 4) is 11.8 Å². The summed E-state index contributed by atoms with van der Waals surface area (Å²) in [5.41, 5.74) is 1.40. The first-order valence-electron chi connectivity index (χ1n) is 6.46. The second-order valence-corrected chi connectivity index (χ2v) is 4.67. The molecular weight excluding hydrogens is 270 g/mol. The molecule has 21 heavy (non-hydrogen) atoms. The number of rotatable bonds is 3. The molecule has 3 N–H and O–H groups in total. The second kappa shape index (κ2) is 5.31. The number of aliphatic hydroxyl groups excluding tert-OH is 1. The summed E-state index contributed by atoms with van der Waals surface area (Å²) in [6.45, 7) is 0.173. The number of aromatic amines is 1. The van der Waals surface area contributed by atoms with E-state index in [1.165, 1.54) is 6.08 Å². The lowest BCUT2D eigenvalue weighted by atomic mass is 10.2. The molecule has 1 aromatic carbocycles. The minimum Gasteiger partial charge on any atom is -0.505 e. The largest absolute Gasteiger partial charge is 0.505 e. The number of aliphatic hydroxyl groups is 1. The number of aliphatic imine (C=N–C) groups is 1. The number of H-pyrrole nitrogens is 1. The smallest absolute Gasteiger partial charge is 0.227 e. The minimum atomic E-state index is -0.409. The van der Waals surface area contributed by atoms with Crippen LogP contribution >= 0.6 is 0 Å². The van der Waals surface area contributed by atoms with Gasteiger partial charge in [-0.3, -0.25) is 0 Å². The molecule has 0 bridgehead atoms. The molecule has 0 fully saturated rings. The number of para-hydroxylation sites is 1. The first-order valence-corrected chi connectivity index (χ1v) is 6.46. The second-order valence-electron chi connectivity index (χ2n) is 4.67. The summed E-state index contributed by atoms with van der Waals surface area (Å²) in [7, 11) is 0. The summed E-state index contributed by atoms with van der Waals surface area (Å²) < 4.78 is 5.36. The molecule has 1 aliphatic rings. The van der Waals surface area contributed by atoms with Crippen molar-refractivity contribution in [2.75, 3.05) is 13.2 Å². The summed E-state index contributed by atoms with van der Waals surface area (Å²) in [4.78, 5) is 7.13. The minimum absolute atomic E-state index is 0.0793. The quantitative estimate of drug-likeness (QED) is 0.744. The number of ether oxygens (including phenoxy) is 1. The Balaban J connectivity index is 1.98. The zero-order valence-corrected chi connectivity index (χ0v) is 11.1. The van der Waals surface area contributed by atoms with Crippen LogP contribution in [-0.4, -0.2) is 40.4 Å². The number of nitriles is 1. The highest BCUT2D eigenvalue weighted by atomic mass is 16.5. The molecule has 106 valence electrons. The van der Waals surface area contributed by atoms with Gasteiger partial charge in [0.1, 0.15) is 23.5 Å². The van der Waals surface area contributed by atoms with Crippen molar-refractivity contribution in [1.82, 2.24) is 4.98 Å². The fraction of sp³-hybridized carbons (Fsp3) is 0.200. The van der Waals surface area contributed by atoms with Gasteiger partial charge in [0, 0.05) is 10.9 Å². The van der Waals surface area contributed by atoms with Gasteiger partial charge in [-0.1, -0.05) is 12.1 Å². The Morgan fingerprint density at radius 3 is 3.00 bits per heavy atom. The number of aromatic nitrogens is 1. The van der Waals surface area contributed by atoms with Crippen LogP contribution in [-0.2, 0) is 4.74 Å². The van der Waals surface area contributed by atoms with Crippen molar-refractivity contribution < 1.29 is 14.9 Å². The van der Waals surface area contributed by atoms with E-state index in [1.54, 1.807) is 6.07 Å². The van der Waals surface area contributed by atoms with Gasteiger partial charge in [-0.05, 0) is 18.2 Å². The van der Waals surface area contributed by atoms with Crippen molar-refractivity contribution >= 4 is 22.9 Å². The molecular formula is C15H13N3O3. The highest BCUT2D eigenvalue weighted by Crippen LogP contribution is 2.30. The predicted octanol–water partition coefficient (Wildman–Crippen LogP) is 1.57. The van der Waals surface area contributed by atoms with Crippen LogP contribution in [0, 0.1) is 11.3 Å². The maximum absolute atomic E-state index is 10.2. The molecule has 1 atom stereocenters. The summed E-state index contributed by atoms with van der Waals surface area (Å²) in [6, 6.07) is 9.30. The SMILES string of the molecule is N#CC(=Cc1[nH]c2ccccc2c1O)C1=NC[C@@H](CO)O1. The Kier molecular flexibility index (Phi) is 3.34. The van der Waals surface area contributed by atoms with Gasteiger partial charge in [0.05, 0.1) is 18.8 Å². The third-order valence-corrected chi connectivity index (χ3v) is 3.27. The monoisotopic (exact) mass is 283 g/mol. The predicted molar refractivity (Wildman–Crippen MR) is 77.8 cm³/mol. The van der Waals surface area contributed by atoms with E-state index in [1.807, 2.05) is 24.3 Å². The van der Waals surface area contributed by atoms with Crippen molar-refractivity contribution in [2.24, 2.45) is 4.99 Å². The van der Waals surface area contributed by atoms with Crippen LogP contribution in [0.2, 0.25) is 0 Å². The van der Waals surface area contributed by atoms with Crippen LogP contribution in [0.25, 0.3) is 17.0 Å². The van der Waals surface area contributed by atoms with Crippen molar-refractivity contribution in [1.29, 1.82) is 5.26 Å². The van der Waals surface area contributed by atoms with E-state index < -0.39 is 6.10 Å². The van der Waals surface area contributed by atoms with Crippen LogP contribution in [0.1, 0.15) is 5.69 Å². The van der Waals surface area contributed by atoms with Gasteiger partial charge in [0.25, 0.3) is 0 Å². The van der Waals surface area contributed by atoms with E-state index in [0.717, 1.165) is 5.52 Å². The Labute approximate surface area is 120 Å². The molecule has 0 saturated carbocycles. The molecule has 2 heterocycles. The van der Waals surface area contributed by atoms with Crippen molar-refractivity contribution in [3.63, 3.8) is 0 Å². The fourth-order valence-electron chi connectivity index (χ4n) is 2.20. The molecule has 1 aliphatic heterocycles. The number of nitrogens with zero attached hydrogens (tertiary/aromatic N) is 2. The lowest BCUT2D eigenvalue weighted by Crippen LogP contribution is -2.17. The number of hydrogen-bond donors (Lipinski definition) is 3. The lowest BCUT2D eigenvalue weighted by Gasteiger charge is -2.06. The Morgan fingerprint density at radius 1 is 1.52 bits per heavy atom. The zero-order chi connectivity index (χ0) is 14.8. The molecule has 0 radical (unpaired) electrons. The molecule has 1 aromatic heterocycles. The topological polar surface area (TPSA) is 102 Å². The number of fused-ring (bicyclic) bond motifs is 1. The summed E-state index contributed by atoms with van der Waals surface area (Å²) in [5, 5.41) is 29.1. The normalized spacial score (nSPS) is 18.4. The van der Waals surface area contributed by atoms with Gasteiger partial charge < -0.3 is 19.9 Å². The third kappa shape index (κ3) is 2.35. The zero-order valence-electron chi connectivity index (χ0n) is 11.1. The lowest BCUT2D eigenvalue weighted by molar-refractivity contribution is 0.130. The standard InChI is InChI=1S/C15H13N3O3/c16-6-9(15-17-7-10(8-19)21-15)5-13-14(20)11-3-1-2-4-12(11)18-13/h1-5,10,18-20H,7-8H2/t10-/m0/s1. The van der Waals surface area contributed by atoms with Gasteiger partial charge in [0.15, 0.2) is 0 Å².